The second-order valence-corrected chi connectivity index (χ2v) is 2.70. The number of rotatable bonds is 1. The minimum Gasteiger partial charge on any atom is -0.201 e. The van der Waals surface area contributed by atoms with E-state index < -0.39 is 5.82 Å². The van der Waals surface area contributed by atoms with Gasteiger partial charge in [-0.05, 0) is 12.1 Å². The van der Waals surface area contributed by atoms with Crippen molar-refractivity contribution in [3.05, 3.63) is 29.0 Å². The fourth-order valence-electron chi connectivity index (χ4n) is 0.541. The standard InChI is InChI=1S/C6H3ClFOS/c7-4-1-2-5(8)6(3-4)10-9/h1-3H/q+1. The zero-order chi connectivity index (χ0) is 7.56. The summed E-state index contributed by atoms with van der Waals surface area (Å²) in [7, 11) is 0. The van der Waals surface area contributed by atoms with Crippen LogP contribution in [0.2, 0.25) is 5.02 Å². The maximum absolute atomic E-state index is 12.5. The van der Waals surface area contributed by atoms with Crippen LogP contribution < -0.4 is 0 Å². The fraction of sp³-hybridized carbons (Fsp3) is 0. The van der Waals surface area contributed by atoms with Crippen LogP contribution in [-0.4, -0.2) is 0 Å². The van der Waals surface area contributed by atoms with Gasteiger partial charge >= 0.3 is 16.6 Å². The van der Waals surface area contributed by atoms with Crippen molar-refractivity contribution in [2.24, 2.45) is 0 Å². The Morgan fingerprint density at radius 3 is 2.70 bits per heavy atom. The summed E-state index contributed by atoms with van der Waals surface area (Å²) in [4.78, 5) is 0.0347. The first-order chi connectivity index (χ1) is 4.74. The van der Waals surface area contributed by atoms with E-state index in [4.69, 9.17) is 11.6 Å². The quantitative estimate of drug-likeness (QED) is 0.602. The van der Waals surface area contributed by atoms with Gasteiger partial charge in [0.15, 0.2) is 5.82 Å². The molecule has 1 nitrogen and oxygen atoms in total. The van der Waals surface area contributed by atoms with Crippen LogP contribution in [0, 0.1) is 5.82 Å². The minimum absolute atomic E-state index is 0.0347. The molecule has 10 heavy (non-hydrogen) atoms. The van der Waals surface area contributed by atoms with Crippen molar-refractivity contribution < 1.29 is 8.60 Å². The highest BCUT2D eigenvalue weighted by molar-refractivity contribution is 7.65. The highest BCUT2D eigenvalue weighted by atomic mass is 35.5. The first-order valence-electron chi connectivity index (χ1n) is 2.49. The Bertz CT molecular complexity index is 264. The molecule has 0 saturated carbocycles. The number of hydrogen-bond acceptors (Lipinski definition) is 1. The van der Waals surface area contributed by atoms with Crippen molar-refractivity contribution in [2.75, 3.05) is 0 Å². The summed E-state index contributed by atoms with van der Waals surface area (Å²) >= 11 is 5.58. The Morgan fingerprint density at radius 2 is 2.20 bits per heavy atom. The highest BCUT2D eigenvalue weighted by Gasteiger charge is 2.13. The van der Waals surface area contributed by atoms with Crippen LogP contribution in [0.5, 0.6) is 0 Å². The van der Waals surface area contributed by atoms with E-state index in [1.165, 1.54) is 18.2 Å². The Labute approximate surface area is 66.3 Å². The van der Waals surface area contributed by atoms with Crippen LogP contribution in [0.15, 0.2) is 23.1 Å². The molecule has 0 atom stereocenters. The molecule has 0 unspecified atom stereocenters. The Kier molecular flexibility index (Phi) is 2.29. The topological polar surface area (TPSA) is 17.1 Å². The third-order valence-corrected chi connectivity index (χ3v) is 1.71. The van der Waals surface area contributed by atoms with Crippen molar-refractivity contribution in [1.82, 2.24) is 0 Å². The first kappa shape index (κ1) is 7.57. The molecule has 0 aliphatic heterocycles. The lowest BCUT2D eigenvalue weighted by Gasteiger charge is -1.84. The molecule has 0 spiro atoms. The highest BCUT2D eigenvalue weighted by Crippen LogP contribution is 2.14. The average Bonchev–Trinajstić information content (AvgIpc) is 1.94. The third-order valence-electron chi connectivity index (χ3n) is 0.983. The van der Waals surface area contributed by atoms with Gasteiger partial charge in [-0.25, -0.2) is 4.39 Å². The molecule has 1 aromatic rings. The Morgan fingerprint density at radius 1 is 1.50 bits per heavy atom. The van der Waals surface area contributed by atoms with Gasteiger partial charge in [0, 0.05) is 15.3 Å². The summed E-state index contributed by atoms with van der Waals surface area (Å²) < 4.78 is 22.6. The Hall–Kier alpha value is -0.540. The minimum atomic E-state index is -0.524. The molecule has 0 aliphatic carbocycles. The van der Waals surface area contributed by atoms with Crippen LogP contribution in [0.4, 0.5) is 4.39 Å². The predicted molar refractivity (Wildman–Crippen MR) is 37.7 cm³/mol. The molecule has 0 saturated heterocycles. The van der Waals surface area contributed by atoms with Gasteiger partial charge in [0.2, 0.25) is 0 Å². The van der Waals surface area contributed by atoms with Crippen LogP contribution in [0.25, 0.3) is 0 Å². The molecule has 0 fully saturated rings. The summed E-state index contributed by atoms with van der Waals surface area (Å²) in [5.74, 6) is -0.524. The van der Waals surface area contributed by atoms with Crippen molar-refractivity contribution in [2.45, 2.75) is 4.90 Å². The van der Waals surface area contributed by atoms with E-state index in [1.807, 2.05) is 0 Å². The molecule has 0 bridgehead atoms. The van der Waals surface area contributed by atoms with Gasteiger partial charge in [0.1, 0.15) is 0 Å². The average molecular weight is 178 g/mol. The van der Waals surface area contributed by atoms with E-state index in [9.17, 15) is 8.60 Å². The van der Waals surface area contributed by atoms with E-state index in [2.05, 4.69) is 0 Å². The van der Waals surface area contributed by atoms with Gasteiger partial charge in [-0.15, -0.1) is 0 Å². The van der Waals surface area contributed by atoms with Gasteiger partial charge in [0.25, 0.3) is 0 Å². The molecule has 0 N–H and O–H groups in total. The zero-order valence-electron chi connectivity index (χ0n) is 4.80. The molecule has 4 heteroatoms. The van der Waals surface area contributed by atoms with Crippen molar-refractivity contribution in [1.29, 1.82) is 0 Å². The van der Waals surface area contributed by atoms with Crippen molar-refractivity contribution >= 4 is 23.3 Å². The molecule has 0 radical (unpaired) electrons. The van der Waals surface area contributed by atoms with E-state index in [0.717, 1.165) is 0 Å². The molecule has 0 heterocycles. The second-order valence-electron chi connectivity index (χ2n) is 1.66. The van der Waals surface area contributed by atoms with Crippen LogP contribution in [0.3, 0.4) is 0 Å². The fourth-order valence-corrected chi connectivity index (χ4v) is 1.10. The van der Waals surface area contributed by atoms with E-state index in [1.54, 1.807) is 0 Å². The molecule has 1 aromatic carbocycles. The molecular weight excluding hydrogens is 175 g/mol. The van der Waals surface area contributed by atoms with E-state index in [0.29, 0.717) is 5.02 Å². The predicted octanol–water partition coefficient (Wildman–Crippen LogP) is 2.27. The van der Waals surface area contributed by atoms with Crippen LogP contribution in [-0.2, 0) is 15.9 Å². The summed E-state index contributed by atoms with van der Waals surface area (Å²) in [6.45, 7) is 0. The largest absolute Gasteiger partial charge is 0.508 e. The van der Waals surface area contributed by atoms with E-state index in [-0.39, 0.29) is 16.6 Å². The lowest BCUT2D eigenvalue weighted by Crippen LogP contribution is -1.80. The van der Waals surface area contributed by atoms with Gasteiger partial charge in [-0.2, -0.15) is 0 Å². The zero-order valence-corrected chi connectivity index (χ0v) is 6.38. The monoisotopic (exact) mass is 177 g/mol. The number of benzene rings is 1. The van der Waals surface area contributed by atoms with Crippen molar-refractivity contribution in [3.8, 4) is 0 Å². The summed E-state index contributed by atoms with van der Waals surface area (Å²) in [5, 5.41) is 0.375. The maximum atomic E-state index is 12.5. The number of hydrogen-bond donors (Lipinski definition) is 0. The maximum Gasteiger partial charge on any atom is 0.508 e. The summed E-state index contributed by atoms with van der Waals surface area (Å²) in [5.41, 5.74) is 0. The van der Waals surface area contributed by atoms with Gasteiger partial charge in [0.05, 0.1) is 0 Å². The molecule has 1 rings (SSSR count). The Balaban J connectivity index is 3.21. The second kappa shape index (κ2) is 3.03. The van der Waals surface area contributed by atoms with Crippen LogP contribution in [0.1, 0.15) is 0 Å². The normalized spacial score (nSPS) is 9.40. The SMILES string of the molecule is O=[S+]c1cc(Cl)ccc1F. The lowest BCUT2D eigenvalue weighted by atomic mass is 10.3. The van der Waals surface area contributed by atoms with Gasteiger partial charge in [-0.3, -0.25) is 0 Å². The molecule has 0 amide bonds. The van der Waals surface area contributed by atoms with E-state index >= 15 is 0 Å². The molecule has 0 aromatic heterocycles. The summed E-state index contributed by atoms with van der Waals surface area (Å²) in [6.07, 6.45) is 0. The van der Waals surface area contributed by atoms with Gasteiger partial charge < -0.3 is 0 Å². The third kappa shape index (κ3) is 1.49. The molecule has 0 aliphatic rings. The molecular formula is C6H3ClFOS+. The number of halogens is 2. The smallest absolute Gasteiger partial charge is 0.201 e. The van der Waals surface area contributed by atoms with Gasteiger partial charge in [-0.1, -0.05) is 11.6 Å². The molecule has 52 valence electrons. The van der Waals surface area contributed by atoms with Crippen molar-refractivity contribution in [3.63, 3.8) is 0 Å². The lowest BCUT2D eigenvalue weighted by molar-refractivity contribution is 0.582. The summed E-state index contributed by atoms with van der Waals surface area (Å²) in [6, 6.07) is 3.87. The first-order valence-corrected chi connectivity index (χ1v) is 3.61. The van der Waals surface area contributed by atoms with Crippen LogP contribution >= 0.6 is 11.6 Å².